The van der Waals surface area contributed by atoms with Gasteiger partial charge >= 0.3 is 0 Å². The second-order valence-corrected chi connectivity index (χ2v) is 4.98. The van der Waals surface area contributed by atoms with Gasteiger partial charge in [0.2, 0.25) is 0 Å². The summed E-state index contributed by atoms with van der Waals surface area (Å²) in [6, 6.07) is 1.96. The summed E-state index contributed by atoms with van der Waals surface area (Å²) in [6.45, 7) is 3.90. The van der Waals surface area contributed by atoms with Gasteiger partial charge in [0.05, 0.1) is 12.3 Å². The smallest absolute Gasteiger partial charge is 0.270 e. The number of rotatable bonds is 3. The molecule has 6 heteroatoms. The molecular formula is C12H14BrN3O2. The van der Waals surface area contributed by atoms with Crippen molar-refractivity contribution in [2.75, 3.05) is 13.2 Å². The van der Waals surface area contributed by atoms with E-state index in [9.17, 15) is 4.79 Å². The highest BCUT2D eigenvalue weighted by atomic mass is 79.9. The van der Waals surface area contributed by atoms with E-state index < -0.39 is 0 Å². The Morgan fingerprint density at radius 2 is 2.28 bits per heavy atom. The van der Waals surface area contributed by atoms with Crippen molar-refractivity contribution in [3.8, 4) is 0 Å². The number of aromatic nitrogens is 2. The molecule has 5 nitrogen and oxygen atoms in total. The summed E-state index contributed by atoms with van der Waals surface area (Å²) in [6.07, 6.45) is 1.82. The summed E-state index contributed by atoms with van der Waals surface area (Å²) < 4.78 is 2.66. The molecule has 2 aromatic heterocycles. The second-order valence-electron chi connectivity index (χ2n) is 4.06. The number of pyridine rings is 1. The standard InChI is InChI=1S/C12H14BrN3O2/c1-7-5-9(13)6-16-10(8(2)15-11(7)16)12(18)14-3-4-17/h5-6,17H,3-4H2,1-2H3,(H,14,18). The Labute approximate surface area is 113 Å². The number of aliphatic hydroxyl groups excluding tert-OH is 1. The van der Waals surface area contributed by atoms with Crippen LogP contribution in [0.5, 0.6) is 0 Å². The Balaban J connectivity index is 2.56. The highest BCUT2D eigenvalue weighted by Crippen LogP contribution is 2.20. The van der Waals surface area contributed by atoms with Crippen LogP contribution in [0.4, 0.5) is 0 Å². The Morgan fingerprint density at radius 1 is 1.56 bits per heavy atom. The zero-order valence-corrected chi connectivity index (χ0v) is 11.8. The largest absolute Gasteiger partial charge is 0.395 e. The molecule has 0 saturated heterocycles. The zero-order valence-electron chi connectivity index (χ0n) is 10.2. The number of hydrogen-bond acceptors (Lipinski definition) is 3. The summed E-state index contributed by atoms with van der Waals surface area (Å²) >= 11 is 3.41. The van der Waals surface area contributed by atoms with Crippen LogP contribution in [0.25, 0.3) is 5.65 Å². The highest BCUT2D eigenvalue weighted by Gasteiger charge is 2.17. The topological polar surface area (TPSA) is 66.6 Å². The summed E-state index contributed by atoms with van der Waals surface area (Å²) in [5.74, 6) is -0.230. The number of amides is 1. The quantitative estimate of drug-likeness (QED) is 0.901. The number of halogens is 1. The number of nitrogens with one attached hydrogen (secondary N) is 1. The summed E-state index contributed by atoms with van der Waals surface area (Å²) in [4.78, 5) is 16.4. The summed E-state index contributed by atoms with van der Waals surface area (Å²) in [5.41, 5.74) is 2.94. The summed E-state index contributed by atoms with van der Waals surface area (Å²) in [5, 5.41) is 11.4. The van der Waals surface area contributed by atoms with Crippen LogP contribution < -0.4 is 5.32 Å². The van der Waals surface area contributed by atoms with Crippen molar-refractivity contribution in [1.29, 1.82) is 0 Å². The SMILES string of the molecule is Cc1nc2c(C)cc(Br)cn2c1C(=O)NCCO. The normalized spacial score (nSPS) is 10.9. The molecule has 0 atom stereocenters. The second kappa shape index (κ2) is 5.07. The molecule has 0 fully saturated rings. The number of nitrogens with zero attached hydrogens (tertiary/aromatic N) is 2. The van der Waals surface area contributed by atoms with Crippen LogP contribution in [0.2, 0.25) is 0 Å². The Hall–Kier alpha value is -1.40. The minimum atomic E-state index is -0.230. The van der Waals surface area contributed by atoms with Gasteiger partial charge in [0.15, 0.2) is 0 Å². The summed E-state index contributed by atoms with van der Waals surface area (Å²) in [7, 11) is 0. The number of aryl methyl sites for hydroxylation is 2. The molecular weight excluding hydrogens is 298 g/mol. The van der Waals surface area contributed by atoms with Crippen molar-refractivity contribution >= 4 is 27.5 Å². The first-order valence-corrected chi connectivity index (χ1v) is 6.37. The lowest BCUT2D eigenvalue weighted by Gasteiger charge is -2.05. The van der Waals surface area contributed by atoms with Gasteiger partial charge in [0, 0.05) is 17.2 Å². The molecule has 2 aromatic rings. The molecule has 0 bridgehead atoms. The third-order valence-corrected chi connectivity index (χ3v) is 3.09. The lowest BCUT2D eigenvalue weighted by Crippen LogP contribution is -2.28. The lowest BCUT2D eigenvalue weighted by molar-refractivity contribution is 0.0938. The predicted octanol–water partition coefficient (Wildman–Crippen LogP) is 1.44. The Bertz CT molecular complexity index is 607. The number of carbonyl (C=O) groups excluding carboxylic acids is 1. The van der Waals surface area contributed by atoms with E-state index in [-0.39, 0.29) is 19.1 Å². The van der Waals surface area contributed by atoms with Gasteiger partial charge in [-0.1, -0.05) is 0 Å². The molecule has 18 heavy (non-hydrogen) atoms. The van der Waals surface area contributed by atoms with E-state index in [0.29, 0.717) is 11.4 Å². The number of fused-ring (bicyclic) bond motifs is 1. The average Bonchev–Trinajstić information content (AvgIpc) is 2.63. The van der Waals surface area contributed by atoms with E-state index in [1.165, 1.54) is 0 Å². The third-order valence-electron chi connectivity index (χ3n) is 2.66. The maximum atomic E-state index is 12.0. The zero-order chi connectivity index (χ0) is 13.3. The molecule has 0 aliphatic rings. The first-order valence-electron chi connectivity index (χ1n) is 5.58. The van der Waals surface area contributed by atoms with E-state index in [0.717, 1.165) is 15.7 Å². The van der Waals surface area contributed by atoms with Gasteiger partial charge in [0.1, 0.15) is 11.3 Å². The first kappa shape index (κ1) is 13.0. The van der Waals surface area contributed by atoms with E-state index >= 15 is 0 Å². The van der Waals surface area contributed by atoms with Gasteiger partial charge in [-0.2, -0.15) is 0 Å². The molecule has 0 spiro atoms. The average molecular weight is 312 g/mol. The van der Waals surface area contributed by atoms with Crippen LogP contribution in [0, 0.1) is 13.8 Å². The number of hydrogen-bond donors (Lipinski definition) is 2. The molecule has 1 amide bonds. The van der Waals surface area contributed by atoms with Crippen molar-refractivity contribution in [1.82, 2.24) is 14.7 Å². The molecule has 96 valence electrons. The van der Waals surface area contributed by atoms with Gasteiger partial charge in [-0.05, 0) is 41.4 Å². The van der Waals surface area contributed by atoms with Crippen LogP contribution in [-0.4, -0.2) is 33.6 Å². The minimum absolute atomic E-state index is 0.0791. The highest BCUT2D eigenvalue weighted by molar-refractivity contribution is 9.10. The number of carbonyl (C=O) groups is 1. The Morgan fingerprint density at radius 3 is 2.94 bits per heavy atom. The molecule has 0 aromatic carbocycles. The van der Waals surface area contributed by atoms with Crippen molar-refractivity contribution in [2.45, 2.75) is 13.8 Å². The van der Waals surface area contributed by atoms with Crippen LogP contribution in [0.1, 0.15) is 21.7 Å². The van der Waals surface area contributed by atoms with Crippen molar-refractivity contribution in [2.24, 2.45) is 0 Å². The monoisotopic (exact) mass is 311 g/mol. The number of imidazole rings is 1. The van der Waals surface area contributed by atoms with E-state index in [1.54, 1.807) is 11.3 Å². The minimum Gasteiger partial charge on any atom is -0.395 e. The van der Waals surface area contributed by atoms with E-state index in [4.69, 9.17) is 5.11 Å². The van der Waals surface area contributed by atoms with E-state index in [1.807, 2.05) is 19.2 Å². The molecule has 2 N–H and O–H groups in total. The third kappa shape index (κ3) is 2.26. The fraction of sp³-hybridized carbons (Fsp3) is 0.333. The van der Waals surface area contributed by atoms with Crippen molar-refractivity contribution in [3.63, 3.8) is 0 Å². The molecule has 2 rings (SSSR count). The van der Waals surface area contributed by atoms with Gasteiger partial charge in [-0.15, -0.1) is 0 Å². The van der Waals surface area contributed by atoms with Crippen LogP contribution in [0.3, 0.4) is 0 Å². The maximum Gasteiger partial charge on any atom is 0.270 e. The predicted molar refractivity (Wildman–Crippen MR) is 71.8 cm³/mol. The fourth-order valence-electron chi connectivity index (χ4n) is 1.91. The molecule has 0 aliphatic heterocycles. The molecule has 0 unspecified atom stereocenters. The maximum absolute atomic E-state index is 12.0. The first-order chi connectivity index (χ1) is 8.54. The molecule has 0 radical (unpaired) electrons. The van der Waals surface area contributed by atoms with Crippen LogP contribution >= 0.6 is 15.9 Å². The fourth-order valence-corrected chi connectivity index (χ4v) is 2.46. The molecule has 0 aliphatic carbocycles. The van der Waals surface area contributed by atoms with Gasteiger partial charge in [0.25, 0.3) is 5.91 Å². The van der Waals surface area contributed by atoms with Gasteiger partial charge in [-0.25, -0.2) is 4.98 Å². The van der Waals surface area contributed by atoms with Gasteiger partial charge < -0.3 is 10.4 Å². The molecule has 2 heterocycles. The van der Waals surface area contributed by atoms with Crippen molar-refractivity contribution < 1.29 is 9.90 Å². The number of aliphatic hydroxyl groups is 1. The van der Waals surface area contributed by atoms with E-state index in [2.05, 4.69) is 26.2 Å². The van der Waals surface area contributed by atoms with Crippen LogP contribution in [0.15, 0.2) is 16.7 Å². The molecule has 0 saturated carbocycles. The van der Waals surface area contributed by atoms with Crippen LogP contribution in [-0.2, 0) is 0 Å². The van der Waals surface area contributed by atoms with Crippen molar-refractivity contribution in [3.05, 3.63) is 33.7 Å². The Kier molecular flexibility index (Phi) is 3.68. The van der Waals surface area contributed by atoms with Gasteiger partial charge in [-0.3, -0.25) is 9.20 Å². The lowest BCUT2D eigenvalue weighted by atomic mass is 10.3.